The molecule has 3 rings (SSSR count). The van der Waals surface area contributed by atoms with Crippen molar-refractivity contribution in [2.75, 3.05) is 18.5 Å². The maximum absolute atomic E-state index is 5.91. The molecule has 4 heteroatoms. The lowest BCUT2D eigenvalue weighted by Crippen LogP contribution is -2.20. The van der Waals surface area contributed by atoms with Crippen LogP contribution in [-0.4, -0.2) is 29.5 Å². The highest BCUT2D eigenvalue weighted by Gasteiger charge is 2.13. The highest BCUT2D eigenvalue weighted by atomic mass is 16.5. The van der Waals surface area contributed by atoms with Crippen LogP contribution < -0.4 is 5.32 Å². The third-order valence-corrected chi connectivity index (χ3v) is 3.87. The van der Waals surface area contributed by atoms with Crippen molar-refractivity contribution >= 4 is 16.6 Å². The molecule has 0 radical (unpaired) electrons. The highest BCUT2D eigenvalue weighted by Crippen LogP contribution is 2.21. The maximum Gasteiger partial charge on any atom is 0.156 e. The number of hydrogen-bond donors (Lipinski definition) is 1. The van der Waals surface area contributed by atoms with Gasteiger partial charge in [0.25, 0.3) is 0 Å². The fourth-order valence-corrected chi connectivity index (χ4v) is 2.79. The van der Waals surface area contributed by atoms with Crippen LogP contribution in [0.5, 0.6) is 0 Å². The zero-order valence-corrected chi connectivity index (χ0v) is 11.7. The molecule has 0 bridgehead atoms. The molecule has 20 heavy (non-hydrogen) atoms. The van der Waals surface area contributed by atoms with Crippen LogP contribution in [0.4, 0.5) is 5.82 Å². The van der Waals surface area contributed by atoms with Crippen molar-refractivity contribution in [1.29, 1.82) is 0 Å². The molecule has 1 aliphatic carbocycles. The van der Waals surface area contributed by atoms with E-state index in [0.717, 1.165) is 29.7 Å². The van der Waals surface area contributed by atoms with E-state index in [1.165, 1.54) is 32.1 Å². The van der Waals surface area contributed by atoms with Crippen LogP contribution in [0.2, 0.25) is 0 Å². The van der Waals surface area contributed by atoms with Crippen LogP contribution in [0.3, 0.4) is 0 Å². The first-order valence-electron chi connectivity index (χ1n) is 7.49. The summed E-state index contributed by atoms with van der Waals surface area (Å²) in [7, 11) is 0. The summed E-state index contributed by atoms with van der Waals surface area (Å²) in [6.45, 7) is 1.51. The second-order valence-electron chi connectivity index (χ2n) is 5.34. The summed E-state index contributed by atoms with van der Waals surface area (Å²) >= 11 is 0. The van der Waals surface area contributed by atoms with E-state index in [9.17, 15) is 0 Å². The number of ether oxygens (including phenoxy) is 1. The number of nitrogens with zero attached hydrogens (tertiary/aromatic N) is 2. The molecule has 1 aromatic heterocycles. The Balaban J connectivity index is 1.52. The zero-order valence-electron chi connectivity index (χ0n) is 11.7. The number of hydrogen-bond acceptors (Lipinski definition) is 4. The van der Waals surface area contributed by atoms with Gasteiger partial charge in [-0.25, -0.2) is 0 Å². The van der Waals surface area contributed by atoms with Crippen molar-refractivity contribution in [2.24, 2.45) is 0 Å². The van der Waals surface area contributed by atoms with E-state index in [4.69, 9.17) is 4.74 Å². The van der Waals surface area contributed by atoms with Gasteiger partial charge in [-0.2, -0.15) is 5.10 Å². The first-order valence-corrected chi connectivity index (χ1v) is 7.49. The summed E-state index contributed by atoms with van der Waals surface area (Å²) in [5.41, 5.74) is 0. The van der Waals surface area contributed by atoms with Crippen LogP contribution in [0.25, 0.3) is 10.8 Å². The molecule has 4 nitrogen and oxygen atoms in total. The van der Waals surface area contributed by atoms with Gasteiger partial charge in [-0.15, -0.1) is 5.10 Å². The van der Waals surface area contributed by atoms with Crippen molar-refractivity contribution in [1.82, 2.24) is 10.2 Å². The third kappa shape index (κ3) is 3.25. The summed E-state index contributed by atoms with van der Waals surface area (Å²) in [5.74, 6) is 0.843. The summed E-state index contributed by atoms with van der Waals surface area (Å²) in [4.78, 5) is 0. The molecule has 2 aromatic rings. The van der Waals surface area contributed by atoms with Gasteiger partial charge in [0.15, 0.2) is 5.82 Å². The summed E-state index contributed by atoms with van der Waals surface area (Å²) < 4.78 is 5.91. The molecule has 0 unspecified atom stereocenters. The van der Waals surface area contributed by atoms with Gasteiger partial charge < -0.3 is 10.1 Å². The monoisotopic (exact) mass is 271 g/mol. The summed E-state index contributed by atoms with van der Waals surface area (Å²) in [5, 5.41) is 13.8. The number of anilines is 1. The Morgan fingerprint density at radius 3 is 2.90 bits per heavy atom. The second kappa shape index (κ2) is 6.66. The molecule has 0 atom stereocenters. The molecule has 1 fully saturated rings. The van der Waals surface area contributed by atoms with Gasteiger partial charge in [0.05, 0.1) is 18.9 Å². The molecule has 1 heterocycles. The summed E-state index contributed by atoms with van der Waals surface area (Å²) in [6, 6.07) is 8.15. The Morgan fingerprint density at radius 1 is 1.15 bits per heavy atom. The first kappa shape index (κ1) is 13.3. The maximum atomic E-state index is 5.91. The smallest absolute Gasteiger partial charge is 0.156 e. The lowest BCUT2D eigenvalue weighted by atomic mass is 9.98. The standard InChI is InChI=1S/C16H21N3O/c1-2-7-14(8-3-1)20-11-10-17-16-15-9-5-4-6-13(15)12-18-19-16/h4-6,9,12,14H,1-3,7-8,10-11H2,(H,17,19). The average Bonchev–Trinajstić information content (AvgIpc) is 2.53. The normalized spacial score (nSPS) is 16.4. The fourth-order valence-electron chi connectivity index (χ4n) is 2.79. The van der Waals surface area contributed by atoms with Gasteiger partial charge in [-0.05, 0) is 12.8 Å². The van der Waals surface area contributed by atoms with E-state index in [1.54, 1.807) is 6.20 Å². The van der Waals surface area contributed by atoms with E-state index >= 15 is 0 Å². The largest absolute Gasteiger partial charge is 0.376 e. The van der Waals surface area contributed by atoms with Crippen molar-refractivity contribution in [3.8, 4) is 0 Å². The van der Waals surface area contributed by atoms with Crippen LogP contribution in [0.15, 0.2) is 30.5 Å². The number of fused-ring (bicyclic) bond motifs is 1. The van der Waals surface area contributed by atoms with Crippen LogP contribution in [0.1, 0.15) is 32.1 Å². The predicted octanol–water partition coefficient (Wildman–Crippen LogP) is 3.39. The lowest BCUT2D eigenvalue weighted by molar-refractivity contribution is 0.0347. The van der Waals surface area contributed by atoms with Gasteiger partial charge in [-0.1, -0.05) is 43.5 Å². The van der Waals surface area contributed by atoms with Gasteiger partial charge in [0, 0.05) is 17.3 Å². The molecule has 0 saturated heterocycles. The molecular formula is C16H21N3O. The SMILES string of the molecule is c1ccc2c(NCCOC3CCCCC3)nncc2c1. The average molecular weight is 271 g/mol. The molecule has 106 valence electrons. The number of aromatic nitrogens is 2. The molecule has 1 aromatic carbocycles. The first-order chi connectivity index (χ1) is 9.93. The minimum atomic E-state index is 0.462. The quantitative estimate of drug-likeness (QED) is 0.847. The van der Waals surface area contributed by atoms with Crippen LogP contribution in [-0.2, 0) is 4.74 Å². The Kier molecular flexibility index (Phi) is 4.43. The Hall–Kier alpha value is -1.68. The van der Waals surface area contributed by atoms with Crippen LogP contribution in [0, 0.1) is 0 Å². The number of nitrogens with one attached hydrogen (secondary N) is 1. The molecule has 1 N–H and O–H groups in total. The van der Waals surface area contributed by atoms with Crippen LogP contribution >= 0.6 is 0 Å². The van der Waals surface area contributed by atoms with E-state index in [-0.39, 0.29) is 0 Å². The molecule has 1 aliphatic rings. The van der Waals surface area contributed by atoms with Crippen molar-refractivity contribution in [3.63, 3.8) is 0 Å². The zero-order chi connectivity index (χ0) is 13.6. The Labute approximate surface area is 119 Å². The molecule has 0 spiro atoms. The van der Waals surface area contributed by atoms with E-state index in [2.05, 4.69) is 21.6 Å². The van der Waals surface area contributed by atoms with Gasteiger partial charge in [0.2, 0.25) is 0 Å². The topological polar surface area (TPSA) is 47.0 Å². The molecular weight excluding hydrogens is 250 g/mol. The highest BCUT2D eigenvalue weighted by molar-refractivity contribution is 5.90. The fraction of sp³-hybridized carbons (Fsp3) is 0.500. The minimum Gasteiger partial charge on any atom is -0.376 e. The summed E-state index contributed by atoms with van der Waals surface area (Å²) in [6.07, 6.45) is 8.68. The van der Waals surface area contributed by atoms with E-state index in [1.807, 2.05) is 18.2 Å². The Morgan fingerprint density at radius 2 is 2.00 bits per heavy atom. The van der Waals surface area contributed by atoms with Gasteiger partial charge in [-0.3, -0.25) is 0 Å². The van der Waals surface area contributed by atoms with E-state index < -0.39 is 0 Å². The van der Waals surface area contributed by atoms with Crippen molar-refractivity contribution in [2.45, 2.75) is 38.2 Å². The predicted molar refractivity (Wildman–Crippen MR) is 80.9 cm³/mol. The van der Waals surface area contributed by atoms with Crippen molar-refractivity contribution < 1.29 is 4.74 Å². The Bertz CT molecular complexity index is 547. The van der Waals surface area contributed by atoms with Crippen molar-refractivity contribution in [3.05, 3.63) is 30.5 Å². The minimum absolute atomic E-state index is 0.462. The third-order valence-electron chi connectivity index (χ3n) is 3.87. The van der Waals surface area contributed by atoms with Gasteiger partial charge in [0.1, 0.15) is 0 Å². The van der Waals surface area contributed by atoms with Gasteiger partial charge >= 0.3 is 0 Å². The second-order valence-corrected chi connectivity index (χ2v) is 5.34. The molecule has 0 aliphatic heterocycles. The molecule has 0 amide bonds. The number of benzene rings is 1. The van der Waals surface area contributed by atoms with E-state index in [0.29, 0.717) is 6.10 Å². The lowest BCUT2D eigenvalue weighted by Gasteiger charge is -2.22. The molecule has 1 saturated carbocycles. The number of rotatable bonds is 5.